The van der Waals surface area contributed by atoms with Gasteiger partial charge in [0.15, 0.2) is 4.67 Å². The Morgan fingerprint density at radius 3 is 2.53 bits per heavy atom. The number of nitrogens with one attached hydrogen (secondary N) is 1. The average Bonchev–Trinajstić information content (AvgIpc) is 2.77. The third-order valence-electron chi connectivity index (χ3n) is 2.54. The molecule has 0 aliphatic carbocycles. The second-order valence-corrected chi connectivity index (χ2v) is 4.51. The molecule has 4 heteroatoms. The number of aliphatic hydroxyl groups excluding tert-OH is 1. The van der Waals surface area contributed by atoms with E-state index < -0.39 is 0 Å². The quantitative estimate of drug-likeness (QED) is 0.892. The minimum Gasteiger partial charge on any atom is -0.453 e. The van der Waals surface area contributed by atoms with Gasteiger partial charge in [-0.05, 0) is 33.6 Å². The highest BCUT2D eigenvalue weighted by Crippen LogP contribution is 2.16. The Hall–Kier alpha value is -1.10. The number of hydrogen-bond acceptors (Lipinski definition) is 3. The first-order valence-corrected chi connectivity index (χ1v) is 6.22. The minimum atomic E-state index is -0.0694. The molecule has 0 spiro atoms. The van der Waals surface area contributed by atoms with Crippen molar-refractivity contribution in [3.8, 4) is 0 Å². The van der Waals surface area contributed by atoms with Gasteiger partial charge in [-0.1, -0.05) is 30.3 Å². The van der Waals surface area contributed by atoms with Crippen molar-refractivity contribution in [3.63, 3.8) is 0 Å². The molecule has 3 nitrogen and oxygen atoms in total. The Labute approximate surface area is 109 Å². The van der Waals surface area contributed by atoms with Gasteiger partial charge in [-0.25, -0.2) is 0 Å². The summed E-state index contributed by atoms with van der Waals surface area (Å²) >= 11 is 3.26. The van der Waals surface area contributed by atoms with Gasteiger partial charge in [-0.15, -0.1) is 0 Å². The van der Waals surface area contributed by atoms with Crippen LogP contribution in [0.15, 0.2) is 51.6 Å². The SMILES string of the molecule is OC[C@H](NCc1ccc(Br)o1)c1ccccc1. The van der Waals surface area contributed by atoms with Crippen molar-refractivity contribution < 1.29 is 9.52 Å². The van der Waals surface area contributed by atoms with Crippen molar-refractivity contribution in [2.75, 3.05) is 6.61 Å². The molecule has 0 fully saturated rings. The van der Waals surface area contributed by atoms with Crippen molar-refractivity contribution in [2.24, 2.45) is 0 Å². The number of rotatable bonds is 5. The third kappa shape index (κ3) is 3.43. The molecule has 1 atom stereocenters. The number of aliphatic hydroxyl groups is 1. The number of furan rings is 1. The van der Waals surface area contributed by atoms with Crippen LogP contribution < -0.4 is 5.32 Å². The lowest BCUT2D eigenvalue weighted by atomic mass is 10.1. The average molecular weight is 296 g/mol. The van der Waals surface area contributed by atoms with Gasteiger partial charge in [0, 0.05) is 0 Å². The maximum absolute atomic E-state index is 9.36. The fraction of sp³-hybridized carbons (Fsp3) is 0.231. The molecular weight excluding hydrogens is 282 g/mol. The predicted molar refractivity (Wildman–Crippen MR) is 69.5 cm³/mol. The molecule has 1 aromatic heterocycles. The van der Waals surface area contributed by atoms with E-state index in [4.69, 9.17) is 4.42 Å². The first kappa shape index (κ1) is 12.4. The Kier molecular flexibility index (Phi) is 4.36. The molecule has 0 radical (unpaired) electrons. The van der Waals surface area contributed by atoms with Crippen LogP contribution in [0, 0.1) is 0 Å². The second-order valence-electron chi connectivity index (χ2n) is 3.73. The van der Waals surface area contributed by atoms with Crippen LogP contribution in [0.4, 0.5) is 0 Å². The highest BCUT2D eigenvalue weighted by molar-refractivity contribution is 9.10. The van der Waals surface area contributed by atoms with Gasteiger partial charge in [-0.2, -0.15) is 0 Å². The molecule has 0 bridgehead atoms. The van der Waals surface area contributed by atoms with Crippen molar-refractivity contribution >= 4 is 15.9 Å². The fourth-order valence-electron chi connectivity index (χ4n) is 1.64. The van der Waals surface area contributed by atoms with E-state index in [1.165, 1.54) is 0 Å². The van der Waals surface area contributed by atoms with E-state index in [-0.39, 0.29) is 12.6 Å². The molecule has 0 aliphatic heterocycles. The largest absolute Gasteiger partial charge is 0.453 e. The molecule has 0 saturated heterocycles. The predicted octanol–water partition coefficient (Wildman–Crippen LogP) is 2.87. The number of halogens is 1. The van der Waals surface area contributed by atoms with E-state index in [1.807, 2.05) is 42.5 Å². The van der Waals surface area contributed by atoms with E-state index >= 15 is 0 Å². The summed E-state index contributed by atoms with van der Waals surface area (Å²) in [5.41, 5.74) is 1.07. The Morgan fingerprint density at radius 1 is 1.18 bits per heavy atom. The molecule has 1 heterocycles. The van der Waals surface area contributed by atoms with Crippen molar-refractivity contribution in [1.82, 2.24) is 5.32 Å². The van der Waals surface area contributed by atoms with Crippen molar-refractivity contribution in [1.29, 1.82) is 0 Å². The molecule has 2 N–H and O–H groups in total. The van der Waals surface area contributed by atoms with E-state index in [0.29, 0.717) is 6.54 Å². The number of hydrogen-bond donors (Lipinski definition) is 2. The highest BCUT2D eigenvalue weighted by atomic mass is 79.9. The fourth-order valence-corrected chi connectivity index (χ4v) is 1.98. The van der Waals surface area contributed by atoms with Gasteiger partial charge < -0.3 is 14.8 Å². The van der Waals surface area contributed by atoms with Gasteiger partial charge in [-0.3, -0.25) is 0 Å². The standard InChI is InChI=1S/C13H14BrNO2/c14-13-7-6-11(17-13)8-15-12(9-16)10-4-2-1-3-5-10/h1-7,12,15-16H,8-9H2/t12-/m0/s1. The molecule has 1 aromatic carbocycles. The van der Waals surface area contributed by atoms with Crippen LogP contribution in [0.3, 0.4) is 0 Å². The molecule has 17 heavy (non-hydrogen) atoms. The van der Waals surface area contributed by atoms with E-state index in [1.54, 1.807) is 0 Å². The summed E-state index contributed by atoms with van der Waals surface area (Å²) in [5, 5.41) is 12.6. The van der Waals surface area contributed by atoms with Gasteiger partial charge in [0.2, 0.25) is 0 Å². The molecule has 0 amide bonds. The molecule has 2 rings (SSSR count). The number of benzene rings is 1. The van der Waals surface area contributed by atoms with Gasteiger partial charge in [0.25, 0.3) is 0 Å². The van der Waals surface area contributed by atoms with Crippen LogP contribution in [-0.2, 0) is 6.54 Å². The maximum atomic E-state index is 9.36. The lowest BCUT2D eigenvalue weighted by Crippen LogP contribution is -2.23. The first-order chi connectivity index (χ1) is 8.29. The van der Waals surface area contributed by atoms with Crippen molar-refractivity contribution in [3.05, 3.63) is 58.5 Å². The lowest BCUT2D eigenvalue weighted by Gasteiger charge is -2.15. The van der Waals surface area contributed by atoms with Crippen LogP contribution >= 0.6 is 15.9 Å². The summed E-state index contributed by atoms with van der Waals surface area (Å²) in [6.07, 6.45) is 0. The molecule has 0 saturated carbocycles. The lowest BCUT2D eigenvalue weighted by molar-refractivity contribution is 0.240. The van der Waals surface area contributed by atoms with Crippen LogP contribution in [0.25, 0.3) is 0 Å². The summed E-state index contributed by atoms with van der Waals surface area (Å²) in [6.45, 7) is 0.650. The maximum Gasteiger partial charge on any atom is 0.169 e. The summed E-state index contributed by atoms with van der Waals surface area (Å²) < 4.78 is 6.10. The minimum absolute atomic E-state index is 0.0614. The Balaban J connectivity index is 1.97. The molecular formula is C13H14BrNO2. The summed E-state index contributed by atoms with van der Waals surface area (Å²) in [7, 11) is 0. The second kappa shape index (κ2) is 6.00. The van der Waals surface area contributed by atoms with Gasteiger partial charge in [0.1, 0.15) is 5.76 Å². The summed E-state index contributed by atoms with van der Waals surface area (Å²) in [6, 6.07) is 13.6. The van der Waals surface area contributed by atoms with Gasteiger partial charge in [0.05, 0.1) is 19.2 Å². The van der Waals surface area contributed by atoms with Crippen LogP contribution in [-0.4, -0.2) is 11.7 Å². The van der Waals surface area contributed by atoms with E-state index in [0.717, 1.165) is 16.0 Å². The zero-order valence-corrected chi connectivity index (χ0v) is 10.9. The van der Waals surface area contributed by atoms with E-state index in [9.17, 15) is 5.11 Å². The normalized spacial score (nSPS) is 12.6. The Morgan fingerprint density at radius 2 is 1.94 bits per heavy atom. The molecule has 90 valence electrons. The highest BCUT2D eigenvalue weighted by Gasteiger charge is 2.09. The van der Waals surface area contributed by atoms with Crippen molar-refractivity contribution in [2.45, 2.75) is 12.6 Å². The van der Waals surface area contributed by atoms with Gasteiger partial charge >= 0.3 is 0 Å². The summed E-state index contributed by atoms with van der Waals surface area (Å²) in [5.74, 6) is 0.839. The smallest absolute Gasteiger partial charge is 0.169 e. The molecule has 0 unspecified atom stereocenters. The van der Waals surface area contributed by atoms with Crippen LogP contribution in [0.2, 0.25) is 0 Å². The zero-order chi connectivity index (χ0) is 12.1. The zero-order valence-electron chi connectivity index (χ0n) is 9.27. The topological polar surface area (TPSA) is 45.4 Å². The van der Waals surface area contributed by atoms with Crippen LogP contribution in [0.5, 0.6) is 0 Å². The van der Waals surface area contributed by atoms with Crippen LogP contribution in [0.1, 0.15) is 17.4 Å². The monoisotopic (exact) mass is 295 g/mol. The molecule has 2 aromatic rings. The molecule has 0 aliphatic rings. The van der Waals surface area contributed by atoms with E-state index in [2.05, 4.69) is 21.2 Å². The first-order valence-electron chi connectivity index (χ1n) is 5.43. The Bertz CT molecular complexity index is 455. The third-order valence-corrected chi connectivity index (χ3v) is 2.96. The summed E-state index contributed by atoms with van der Waals surface area (Å²) in [4.78, 5) is 0.